The van der Waals surface area contributed by atoms with Crippen molar-refractivity contribution >= 4 is 23.8 Å². The van der Waals surface area contributed by atoms with E-state index in [0.717, 1.165) is 24.5 Å². The Kier molecular flexibility index (Phi) is 5.77. The van der Waals surface area contributed by atoms with Gasteiger partial charge in [-0.15, -0.1) is 0 Å². The van der Waals surface area contributed by atoms with E-state index >= 15 is 0 Å². The molecule has 3 amide bonds. The average Bonchev–Trinajstić information content (AvgIpc) is 3.04. The first-order chi connectivity index (χ1) is 14.6. The summed E-state index contributed by atoms with van der Waals surface area (Å²) in [5, 5.41) is 0. The number of carbonyl (C=O) groups excluding carboxylic acids is 3. The first-order valence-corrected chi connectivity index (χ1v) is 10.3. The van der Waals surface area contributed by atoms with Gasteiger partial charge in [-0.1, -0.05) is 54.6 Å². The SMILES string of the molecule is CC(C(=O)N1CCN(CC=Cc2ccccc2)CC1)N1C(=O)c2ccccc2C1=O. The van der Waals surface area contributed by atoms with Crippen molar-refractivity contribution in [3.05, 3.63) is 77.4 Å². The Hall–Kier alpha value is -3.25. The first kappa shape index (κ1) is 20.0. The molecule has 2 aromatic rings. The second kappa shape index (κ2) is 8.63. The largest absolute Gasteiger partial charge is 0.338 e. The van der Waals surface area contributed by atoms with Crippen LogP contribution in [0.3, 0.4) is 0 Å². The van der Waals surface area contributed by atoms with Gasteiger partial charge in [0, 0.05) is 32.7 Å². The van der Waals surface area contributed by atoms with E-state index in [0.29, 0.717) is 24.2 Å². The molecule has 1 saturated heterocycles. The van der Waals surface area contributed by atoms with Gasteiger partial charge >= 0.3 is 0 Å². The second-order valence-electron chi connectivity index (χ2n) is 7.64. The van der Waals surface area contributed by atoms with E-state index in [-0.39, 0.29) is 17.7 Å². The lowest BCUT2D eigenvalue weighted by atomic mass is 10.1. The third-order valence-corrected chi connectivity index (χ3v) is 5.73. The fourth-order valence-corrected chi connectivity index (χ4v) is 3.99. The molecular formula is C24H25N3O3. The van der Waals surface area contributed by atoms with E-state index in [1.54, 1.807) is 36.1 Å². The summed E-state index contributed by atoms with van der Waals surface area (Å²) in [7, 11) is 0. The van der Waals surface area contributed by atoms with E-state index in [9.17, 15) is 14.4 Å². The molecule has 6 heteroatoms. The Morgan fingerprint density at radius 3 is 2.07 bits per heavy atom. The van der Waals surface area contributed by atoms with Crippen molar-refractivity contribution < 1.29 is 14.4 Å². The highest BCUT2D eigenvalue weighted by Crippen LogP contribution is 2.25. The van der Waals surface area contributed by atoms with E-state index in [4.69, 9.17) is 0 Å². The third-order valence-electron chi connectivity index (χ3n) is 5.73. The summed E-state index contributed by atoms with van der Waals surface area (Å²) < 4.78 is 0. The molecule has 0 radical (unpaired) electrons. The smallest absolute Gasteiger partial charge is 0.262 e. The predicted octanol–water partition coefficient (Wildman–Crippen LogP) is 2.53. The van der Waals surface area contributed by atoms with Gasteiger partial charge in [0.1, 0.15) is 6.04 Å². The van der Waals surface area contributed by atoms with Crippen molar-refractivity contribution in [1.82, 2.24) is 14.7 Å². The number of benzene rings is 2. The third kappa shape index (κ3) is 3.91. The standard InChI is InChI=1S/C24H25N3O3/c1-18(27-23(29)20-11-5-6-12-21(20)24(27)30)22(28)26-16-14-25(15-17-26)13-7-10-19-8-3-2-4-9-19/h2-12,18H,13-17H2,1H3. The number of nitrogens with zero attached hydrogens (tertiary/aromatic N) is 3. The number of piperazine rings is 1. The number of amides is 3. The Labute approximate surface area is 176 Å². The van der Waals surface area contributed by atoms with E-state index in [1.807, 2.05) is 18.2 Å². The highest BCUT2D eigenvalue weighted by Gasteiger charge is 2.41. The first-order valence-electron chi connectivity index (χ1n) is 10.3. The number of rotatable bonds is 5. The van der Waals surface area contributed by atoms with Crippen LogP contribution in [-0.4, -0.2) is 71.2 Å². The monoisotopic (exact) mass is 403 g/mol. The Bertz CT molecular complexity index is 943. The maximum absolute atomic E-state index is 13.0. The van der Waals surface area contributed by atoms with Crippen LogP contribution in [-0.2, 0) is 4.79 Å². The van der Waals surface area contributed by atoms with Crippen LogP contribution in [0.1, 0.15) is 33.2 Å². The summed E-state index contributed by atoms with van der Waals surface area (Å²) in [6.45, 7) is 5.17. The molecule has 1 unspecified atom stereocenters. The second-order valence-corrected chi connectivity index (χ2v) is 7.64. The zero-order valence-electron chi connectivity index (χ0n) is 17.0. The zero-order valence-corrected chi connectivity index (χ0v) is 17.0. The molecule has 0 saturated carbocycles. The summed E-state index contributed by atoms with van der Waals surface area (Å²) in [5.74, 6) is -0.953. The van der Waals surface area contributed by atoms with E-state index in [2.05, 4.69) is 29.2 Å². The number of imide groups is 1. The molecule has 2 aromatic carbocycles. The highest BCUT2D eigenvalue weighted by molar-refractivity contribution is 6.22. The summed E-state index contributed by atoms with van der Waals surface area (Å²) in [5.41, 5.74) is 1.91. The lowest BCUT2D eigenvalue weighted by Gasteiger charge is -2.36. The average molecular weight is 403 g/mol. The maximum Gasteiger partial charge on any atom is 0.262 e. The van der Waals surface area contributed by atoms with Gasteiger partial charge in [-0.3, -0.25) is 24.2 Å². The predicted molar refractivity (Wildman–Crippen MR) is 115 cm³/mol. The van der Waals surface area contributed by atoms with Crippen LogP contribution in [0.5, 0.6) is 0 Å². The van der Waals surface area contributed by atoms with Crippen molar-refractivity contribution in [3.8, 4) is 0 Å². The van der Waals surface area contributed by atoms with Crippen LogP contribution in [0.15, 0.2) is 60.7 Å². The molecule has 0 aromatic heterocycles. The number of hydrogen-bond acceptors (Lipinski definition) is 4. The Balaban J connectivity index is 1.32. The molecule has 0 aliphatic carbocycles. The Morgan fingerprint density at radius 2 is 1.47 bits per heavy atom. The Morgan fingerprint density at radius 1 is 0.900 bits per heavy atom. The lowest BCUT2D eigenvalue weighted by Crippen LogP contribution is -2.55. The molecule has 0 spiro atoms. The van der Waals surface area contributed by atoms with Crippen LogP contribution in [0.4, 0.5) is 0 Å². The van der Waals surface area contributed by atoms with Gasteiger partial charge in [0.25, 0.3) is 11.8 Å². The van der Waals surface area contributed by atoms with Gasteiger partial charge in [-0.05, 0) is 24.6 Å². The number of carbonyl (C=O) groups is 3. The van der Waals surface area contributed by atoms with Gasteiger partial charge in [-0.2, -0.15) is 0 Å². The zero-order chi connectivity index (χ0) is 21.1. The van der Waals surface area contributed by atoms with E-state index in [1.165, 1.54) is 5.56 Å². The molecule has 0 bridgehead atoms. The van der Waals surface area contributed by atoms with Crippen molar-refractivity contribution in [2.75, 3.05) is 32.7 Å². The number of fused-ring (bicyclic) bond motifs is 1. The molecule has 30 heavy (non-hydrogen) atoms. The minimum atomic E-state index is -0.804. The molecule has 6 nitrogen and oxygen atoms in total. The van der Waals surface area contributed by atoms with Gasteiger partial charge in [0.15, 0.2) is 0 Å². The number of hydrogen-bond donors (Lipinski definition) is 0. The minimum Gasteiger partial charge on any atom is -0.338 e. The summed E-state index contributed by atoms with van der Waals surface area (Å²) in [6.07, 6.45) is 4.23. The fraction of sp³-hybridized carbons (Fsp3) is 0.292. The minimum absolute atomic E-state index is 0.177. The molecule has 2 aliphatic heterocycles. The van der Waals surface area contributed by atoms with Gasteiger partial charge in [0.05, 0.1) is 11.1 Å². The van der Waals surface area contributed by atoms with Crippen LogP contribution >= 0.6 is 0 Å². The molecule has 0 N–H and O–H groups in total. The molecule has 154 valence electrons. The van der Waals surface area contributed by atoms with Crippen LogP contribution in [0.2, 0.25) is 0 Å². The summed E-state index contributed by atoms with van der Waals surface area (Å²) in [6, 6.07) is 16.1. The molecule has 2 heterocycles. The highest BCUT2D eigenvalue weighted by atomic mass is 16.2. The quantitative estimate of drug-likeness (QED) is 0.720. The van der Waals surface area contributed by atoms with E-state index < -0.39 is 6.04 Å². The van der Waals surface area contributed by atoms with Crippen LogP contribution in [0.25, 0.3) is 6.08 Å². The van der Waals surface area contributed by atoms with Crippen molar-refractivity contribution in [1.29, 1.82) is 0 Å². The molecule has 1 fully saturated rings. The van der Waals surface area contributed by atoms with Crippen molar-refractivity contribution in [3.63, 3.8) is 0 Å². The van der Waals surface area contributed by atoms with Crippen molar-refractivity contribution in [2.24, 2.45) is 0 Å². The fourth-order valence-electron chi connectivity index (χ4n) is 3.99. The molecule has 2 aliphatic rings. The molecular weight excluding hydrogens is 378 g/mol. The summed E-state index contributed by atoms with van der Waals surface area (Å²) >= 11 is 0. The lowest BCUT2D eigenvalue weighted by molar-refractivity contribution is -0.136. The molecule has 1 atom stereocenters. The maximum atomic E-state index is 13.0. The van der Waals surface area contributed by atoms with Gasteiger partial charge < -0.3 is 4.90 Å². The summed E-state index contributed by atoms with van der Waals surface area (Å²) in [4.78, 5) is 43.4. The van der Waals surface area contributed by atoms with Crippen LogP contribution in [0, 0.1) is 0 Å². The topological polar surface area (TPSA) is 60.9 Å². The molecule has 4 rings (SSSR count). The van der Waals surface area contributed by atoms with Crippen LogP contribution < -0.4 is 0 Å². The van der Waals surface area contributed by atoms with Gasteiger partial charge in [0.2, 0.25) is 5.91 Å². The van der Waals surface area contributed by atoms with Crippen molar-refractivity contribution in [2.45, 2.75) is 13.0 Å². The van der Waals surface area contributed by atoms with Gasteiger partial charge in [-0.25, -0.2) is 0 Å². The normalized spacial score (nSPS) is 18.2.